The van der Waals surface area contributed by atoms with Crippen molar-refractivity contribution < 1.29 is 14.3 Å². The molecule has 0 radical (unpaired) electrons. The molecule has 0 saturated carbocycles. The van der Waals surface area contributed by atoms with Crippen LogP contribution in [-0.2, 0) is 6.54 Å². The Morgan fingerprint density at radius 1 is 1.11 bits per heavy atom. The standard InChI is InChI=1S/C21H20N4O3/c1-2-25(13-15-6-4-3-5-7-15)20(26)17-10-11-22-21(24-17)23-16-8-9-18-19(12-16)28-14-27-18/h3-12H,2,13-14H2,1H3,(H,22,23,24). The summed E-state index contributed by atoms with van der Waals surface area (Å²) in [6, 6.07) is 17.0. The first-order valence-corrected chi connectivity index (χ1v) is 9.06. The lowest BCUT2D eigenvalue weighted by atomic mass is 10.2. The van der Waals surface area contributed by atoms with Crippen molar-refractivity contribution in [2.45, 2.75) is 13.5 Å². The molecule has 7 heteroatoms. The van der Waals surface area contributed by atoms with Crippen LogP contribution >= 0.6 is 0 Å². The number of carbonyl (C=O) groups is 1. The highest BCUT2D eigenvalue weighted by Gasteiger charge is 2.17. The molecule has 0 aliphatic carbocycles. The maximum absolute atomic E-state index is 12.9. The SMILES string of the molecule is CCN(Cc1ccccc1)C(=O)c1ccnc(Nc2ccc3c(c2)OCO3)n1. The van der Waals surface area contributed by atoms with Gasteiger partial charge in [0.05, 0.1) is 0 Å². The van der Waals surface area contributed by atoms with E-state index in [1.165, 1.54) is 0 Å². The van der Waals surface area contributed by atoms with Gasteiger partial charge in [-0.25, -0.2) is 9.97 Å². The molecule has 28 heavy (non-hydrogen) atoms. The van der Waals surface area contributed by atoms with Crippen LogP contribution in [0.3, 0.4) is 0 Å². The normalized spacial score (nSPS) is 11.9. The molecule has 0 bridgehead atoms. The molecule has 0 spiro atoms. The van der Waals surface area contributed by atoms with Gasteiger partial charge in [-0.15, -0.1) is 0 Å². The Kier molecular flexibility index (Phi) is 5.05. The number of amides is 1. The number of fused-ring (bicyclic) bond motifs is 1. The first kappa shape index (κ1) is 17.8. The molecule has 4 rings (SSSR count). The lowest BCUT2D eigenvalue weighted by Gasteiger charge is -2.20. The zero-order chi connectivity index (χ0) is 19.3. The van der Waals surface area contributed by atoms with E-state index < -0.39 is 0 Å². The molecule has 142 valence electrons. The second-order valence-electron chi connectivity index (χ2n) is 6.26. The van der Waals surface area contributed by atoms with Gasteiger partial charge in [0.1, 0.15) is 5.69 Å². The molecule has 0 saturated heterocycles. The number of anilines is 2. The van der Waals surface area contributed by atoms with E-state index in [1.54, 1.807) is 17.2 Å². The summed E-state index contributed by atoms with van der Waals surface area (Å²) in [6.45, 7) is 3.29. The summed E-state index contributed by atoms with van der Waals surface area (Å²) in [6.07, 6.45) is 1.58. The Hall–Kier alpha value is -3.61. The Balaban J connectivity index is 1.50. The summed E-state index contributed by atoms with van der Waals surface area (Å²) in [5, 5.41) is 3.11. The van der Waals surface area contributed by atoms with Gasteiger partial charge >= 0.3 is 0 Å². The minimum Gasteiger partial charge on any atom is -0.454 e. The van der Waals surface area contributed by atoms with Crippen LogP contribution in [0.1, 0.15) is 23.0 Å². The molecular weight excluding hydrogens is 356 g/mol. The van der Waals surface area contributed by atoms with Crippen molar-refractivity contribution >= 4 is 17.5 Å². The first-order valence-electron chi connectivity index (χ1n) is 9.06. The van der Waals surface area contributed by atoms with E-state index in [-0.39, 0.29) is 12.7 Å². The van der Waals surface area contributed by atoms with Crippen molar-refractivity contribution in [2.24, 2.45) is 0 Å². The van der Waals surface area contributed by atoms with Gasteiger partial charge in [-0.3, -0.25) is 4.79 Å². The summed E-state index contributed by atoms with van der Waals surface area (Å²) in [5.41, 5.74) is 2.17. The molecule has 7 nitrogen and oxygen atoms in total. The predicted octanol–water partition coefficient (Wildman–Crippen LogP) is 3.61. The van der Waals surface area contributed by atoms with Crippen LogP contribution < -0.4 is 14.8 Å². The molecular formula is C21H20N4O3. The lowest BCUT2D eigenvalue weighted by Crippen LogP contribution is -2.31. The van der Waals surface area contributed by atoms with Gasteiger partial charge in [-0.1, -0.05) is 30.3 Å². The highest BCUT2D eigenvalue weighted by atomic mass is 16.7. The number of carbonyl (C=O) groups excluding carboxylic acids is 1. The summed E-state index contributed by atoms with van der Waals surface area (Å²) < 4.78 is 10.7. The van der Waals surface area contributed by atoms with Crippen molar-refractivity contribution in [1.82, 2.24) is 14.9 Å². The lowest BCUT2D eigenvalue weighted by molar-refractivity contribution is 0.0746. The van der Waals surface area contributed by atoms with Gasteiger partial charge < -0.3 is 19.7 Å². The second kappa shape index (κ2) is 7.96. The molecule has 1 N–H and O–H groups in total. The number of aromatic nitrogens is 2. The molecule has 1 aliphatic heterocycles. The minimum absolute atomic E-state index is 0.137. The van der Waals surface area contributed by atoms with E-state index in [9.17, 15) is 4.79 Å². The van der Waals surface area contributed by atoms with Gasteiger partial charge in [0.2, 0.25) is 12.7 Å². The number of hydrogen-bond donors (Lipinski definition) is 1. The van der Waals surface area contributed by atoms with Crippen molar-refractivity contribution in [3.8, 4) is 11.5 Å². The zero-order valence-electron chi connectivity index (χ0n) is 15.5. The zero-order valence-corrected chi connectivity index (χ0v) is 15.5. The van der Waals surface area contributed by atoms with E-state index in [2.05, 4.69) is 15.3 Å². The summed E-state index contributed by atoms with van der Waals surface area (Å²) in [7, 11) is 0. The van der Waals surface area contributed by atoms with Crippen molar-refractivity contribution in [1.29, 1.82) is 0 Å². The number of ether oxygens (including phenoxy) is 2. The average Bonchev–Trinajstić information content (AvgIpc) is 3.20. The average molecular weight is 376 g/mol. The molecule has 1 aliphatic rings. The molecule has 0 fully saturated rings. The fourth-order valence-corrected chi connectivity index (χ4v) is 2.93. The Morgan fingerprint density at radius 3 is 2.75 bits per heavy atom. The van der Waals surface area contributed by atoms with Crippen LogP contribution in [0, 0.1) is 0 Å². The van der Waals surface area contributed by atoms with E-state index in [4.69, 9.17) is 9.47 Å². The fourth-order valence-electron chi connectivity index (χ4n) is 2.93. The van der Waals surface area contributed by atoms with Gasteiger partial charge in [0.15, 0.2) is 11.5 Å². The van der Waals surface area contributed by atoms with Crippen LogP contribution in [0.15, 0.2) is 60.8 Å². The maximum atomic E-state index is 12.9. The fraction of sp³-hybridized carbons (Fsp3) is 0.190. The third kappa shape index (κ3) is 3.88. The number of rotatable bonds is 6. The molecule has 2 aromatic carbocycles. The second-order valence-corrected chi connectivity index (χ2v) is 6.26. The molecule has 2 heterocycles. The van der Waals surface area contributed by atoms with Crippen LogP contribution in [0.2, 0.25) is 0 Å². The monoisotopic (exact) mass is 376 g/mol. The number of nitrogens with zero attached hydrogens (tertiary/aromatic N) is 3. The third-order valence-electron chi connectivity index (χ3n) is 4.39. The van der Waals surface area contributed by atoms with Crippen molar-refractivity contribution in [3.63, 3.8) is 0 Å². The topological polar surface area (TPSA) is 76.6 Å². The predicted molar refractivity (Wildman–Crippen MR) is 105 cm³/mol. The largest absolute Gasteiger partial charge is 0.454 e. The molecule has 1 amide bonds. The van der Waals surface area contributed by atoms with E-state index in [0.29, 0.717) is 36.2 Å². The van der Waals surface area contributed by atoms with Crippen molar-refractivity contribution in [2.75, 3.05) is 18.7 Å². The van der Waals surface area contributed by atoms with Crippen LogP contribution in [0.4, 0.5) is 11.6 Å². The Morgan fingerprint density at radius 2 is 1.93 bits per heavy atom. The smallest absolute Gasteiger partial charge is 0.272 e. The summed E-state index contributed by atoms with van der Waals surface area (Å²) in [5.74, 6) is 1.58. The van der Waals surface area contributed by atoms with Crippen LogP contribution in [0.25, 0.3) is 0 Å². The Bertz CT molecular complexity index is 978. The maximum Gasteiger partial charge on any atom is 0.272 e. The van der Waals surface area contributed by atoms with E-state index >= 15 is 0 Å². The Labute approximate surface area is 163 Å². The summed E-state index contributed by atoms with van der Waals surface area (Å²) in [4.78, 5) is 23.3. The molecule has 1 aromatic heterocycles. The number of benzene rings is 2. The minimum atomic E-state index is -0.137. The van der Waals surface area contributed by atoms with Crippen LogP contribution in [-0.4, -0.2) is 34.1 Å². The number of hydrogen-bond acceptors (Lipinski definition) is 6. The first-order chi connectivity index (χ1) is 13.7. The summed E-state index contributed by atoms with van der Waals surface area (Å²) >= 11 is 0. The van der Waals surface area contributed by atoms with Crippen LogP contribution in [0.5, 0.6) is 11.5 Å². The van der Waals surface area contributed by atoms with Gasteiger partial charge in [0.25, 0.3) is 5.91 Å². The van der Waals surface area contributed by atoms with E-state index in [0.717, 1.165) is 11.3 Å². The van der Waals surface area contributed by atoms with Crippen molar-refractivity contribution in [3.05, 3.63) is 72.1 Å². The van der Waals surface area contributed by atoms with E-state index in [1.807, 2.05) is 55.5 Å². The van der Waals surface area contributed by atoms with Gasteiger partial charge in [0, 0.05) is 31.0 Å². The molecule has 0 unspecified atom stereocenters. The molecule has 3 aromatic rings. The molecule has 0 atom stereocenters. The number of nitrogens with one attached hydrogen (secondary N) is 1. The highest BCUT2D eigenvalue weighted by molar-refractivity contribution is 5.92. The van der Waals surface area contributed by atoms with Gasteiger partial charge in [-0.2, -0.15) is 0 Å². The quantitative estimate of drug-likeness (QED) is 0.708. The highest BCUT2D eigenvalue weighted by Crippen LogP contribution is 2.34. The third-order valence-corrected chi connectivity index (χ3v) is 4.39. The van der Waals surface area contributed by atoms with Gasteiger partial charge in [-0.05, 0) is 30.7 Å².